The van der Waals surface area contributed by atoms with E-state index in [-0.39, 0.29) is 24.3 Å². The second kappa shape index (κ2) is 8.74. The van der Waals surface area contributed by atoms with Gasteiger partial charge >= 0.3 is 12.0 Å². The van der Waals surface area contributed by atoms with E-state index in [1.807, 2.05) is 0 Å². The molecule has 1 aliphatic heterocycles. The average Bonchev–Trinajstić information content (AvgIpc) is 3.21. The van der Waals surface area contributed by atoms with Gasteiger partial charge in [-0.2, -0.15) is 0 Å². The van der Waals surface area contributed by atoms with Crippen molar-refractivity contribution in [3.05, 3.63) is 48.2 Å². The average molecular weight is 412 g/mol. The molecule has 0 radical (unpaired) electrons. The molecule has 156 valence electrons. The van der Waals surface area contributed by atoms with E-state index in [0.717, 1.165) is 0 Å². The molecule has 1 unspecified atom stereocenters. The number of urea groups is 1. The van der Waals surface area contributed by atoms with Crippen LogP contribution in [0.15, 0.2) is 42.6 Å². The summed E-state index contributed by atoms with van der Waals surface area (Å²) in [6.07, 6.45) is 1.27. The summed E-state index contributed by atoms with van der Waals surface area (Å²) in [7, 11) is 1.29. The predicted molar refractivity (Wildman–Crippen MR) is 105 cm³/mol. The molecule has 1 N–H and O–H groups in total. The molecule has 30 heavy (non-hydrogen) atoms. The largest absolute Gasteiger partial charge is 0.465 e. The fourth-order valence-electron chi connectivity index (χ4n) is 3.06. The number of hydrogen-bond donors (Lipinski definition) is 1. The number of pyridine rings is 1. The fraction of sp³-hybridized carbons (Fsp3) is 0.316. The van der Waals surface area contributed by atoms with Gasteiger partial charge in [-0.1, -0.05) is 17.0 Å². The molecule has 1 atom stereocenters. The minimum absolute atomic E-state index is 0.164. The summed E-state index contributed by atoms with van der Waals surface area (Å²) in [4.78, 5) is 37.3. The van der Waals surface area contributed by atoms with Gasteiger partial charge in [-0.3, -0.25) is 0 Å². The molecule has 1 aliphatic rings. The topological polar surface area (TPSA) is 121 Å². The molecule has 1 fully saturated rings. The van der Waals surface area contributed by atoms with Gasteiger partial charge in [0.15, 0.2) is 0 Å². The number of carbonyl (C=O) groups excluding carboxylic acids is 2. The van der Waals surface area contributed by atoms with Crippen LogP contribution in [0.2, 0.25) is 0 Å². The van der Waals surface area contributed by atoms with Crippen molar-refractivity contribution in [1.29, 1.82) is 0 Å². The number of aromatic nitrogens is 4. The maximum Gasteiger partial charge on any atom is 0.339 e. The van der Waals surface area contributed by atoms with Crippen molar-refractivity contribution < 1.29 is 23.9 Å². The second-order valence-electron chi connectivity index (χ2n) is 6.51. The molecule has 2 aromatic heterocycles. The number of esters is 1. The molecule has 3 aromatic rings. The third kappa shape index (κ3) is 4.15. The van der Waals surface area contributed by atoms with Gasteiger partial charge in [0.25, 0.3) is 0 Å². The van der Waals surface area contributed by atoms with Crippen molar-refractivity contribution >= 4 is 28.9 Å². The van der Waals surface area contributed by atoms with E-state index in [9.17, 15) is 9.59 Å². The molecule has 0 bridgehead atoms. The molecular weight excluding hydrogens is 392 g/mol. The summed E-state index contributed by atoms with van der Waals surface area (Å²) in [5, 5.41) is 10.7. The Balaban J connectivity index is 1.37. The lowest BCUT2D eigenvalue weighted by Crippen LogP contribution is -2.49. The first kappa shape index (κ1) is 19.6. The Kier molecular flexibility index (Phi) is 5.70. The summed E-state index contributed by atoms with van der Waals surface area (Å²) in [6.45, 7) is 1.25. The van der Waals surface area contributed by atoms with Gasteiger partial charge in [0.2, 0.25) is 5.65 Å². The number of methoxy groups -OCH3 is 1. The summed E-state index contributed by atoms with van der Waals surface area (Å²) in [6, 6.07) is 9.88. The van der Waals surface area contributed by atoms with Gasteiger partial charge in [0.1, 0.15) is 18.2 Å². The number of benzene rings is 1. The number of nitrogens with zero attached hydrogens (tertiary/aromatic N) is 5. The molecule has 2 amide bonds. The highest BCUT2D eigenvalue weighted by Gasteiger charge is 2.26. The van der Waals surface area contributed by atoms with E-state index < -0.39 is 5.97 Å². The van der Waals surface area contributed by atoms with Gasteiger partial charge in [-0.15, -0.1) is 5.10 Å². The number of fused-ring (bicyclic) bond motifs is 1. The lowest BCUT2D eigenvalue weighted by atomic mass is 10.2. The van der Waals surface area contributed by atoms with Crippen LogP contribution in [0.25, 0.3) is 11.2 Å². The molecule has 4 rings (SSSR count). The fourth-order valence-corrected chi connectivity index (χ4v) is 3.06. The van der Waals surface area contributed by atoms with Crippen LogP contribution in [-0.2, 0) is 9.47 Å². The number of ether oxygens (including phenoxy) is 2. The molecule has 1 saturated heterocycles. The number of anilines is 1. The Morgan fingerprint density at radius 3 is 3.00 bits per heavy atom. The van der Waals surface area contributed by atoms with Crippen molar-refractivity contribution in [3.63, 3.8) is 0 Å². The maximum absolute atomic E-state index is 12.7. The van der Waals surface area contributed by atoms with E-state index in [4.69, 9.17) is 14.3 Å². The highest BCUT2D eigenvalue weighted by Crippen LogP contribution is 2.17. The SMILES string of the molecule is COC(=O)c1ccccc1NC(=O)N1CCOC(COn2nnc3cccnc32)C1. The van der Waals surface area contributed by atoms with Crippen LogP contribution in [0.5, 0.6) is 0 Å². The van der Waals surface area contributed by atoms with Crippen molar-refractivity contribution in [2.45, 2.75) is 6.10 Å². The molecule has 0 spiro atoms. The maximum atomic E-state index is 12.7. The number of amides is 2. The summed E-state index contributed by atoms with van der Waals surface area (Å²) >= 11 is 0. The van der Waals surface area contributed by atoms with Crippen LogP contribution < -0.4 is 10.2 Å². The monoisotopic (exact) mass is 412 g/mol. The van der Waals surface area contributed by atoms with Crippen LogP contribution in [0.1, 0.15) is 10.4 Å². The van der Waals surface area contributed by atoms with Crippen LogP contribution >= 0.6 is 0 Å². The van der Waals surface area contributed by atoms with Gasteiger partial charge in [-0.05, 0) is 29.5 Å². The van der Waals surface area contributed by atoms with E-state index in [2.05, 4.69) is 20.6 Å². The molecule has 11 heteroatoms. The molecule has 3 heterocycles. The van der Waals surface area contributed by atoms with Crippen LogP contribution in [0.4, 0.5) is 10.5 Å². The third-order valence-electron chi connectivity index (χ3n) is 4.56. The molecule has 0 saturated carbocycles. The van der Waals surface area contributed by atoms with E-state index in [0.29, 0.717) is 36.5 Å². The van der Waals surface area contributed by atoms with Gasteiger partial charge < -0.3 is 24.5 Å². The smallest absolute Gasteiger partial charge is 0.339 e. The van der Waals surface area contributed by atoms with Crippen molar-refractivity contribution in [1.82, 2.24) is 25.0 Å². The second-order valence-corrected chi connectivity index (χ2v) is 6.51. The third-order valence-corrected chi connectivity index (χ3v) is 4.56. The normalized spacial score (nSPS) is 16.3. The number of hydrogen-bond acceptors (Lipinski definition) is 8. The quantitative estimate of drug-likeness (QED) is 0.616. The summed E-state index contributed by atoms with van der Waals surface area (Å²) < 4.78 is 10.5. The van der Waals surface area contributed by atoms with Crippen LogP contribution in [-0.4, -0.2) is 76.6 Å². The first-order valence-electron chi connectivity index (χ1n) is 9.30. The Bertz CT molecular complexity index is 1050. The standard InChI is InChI=1S/C19H20N6O5/c1-28-18(26)14-5-2-3-6-15(14)21-19(27)24-9-10-29-13(11-24)12-30-25-17-16(22-23-25)7-4-8-20-17/h2-8,13H,9-12H2,1H3,(H,21,27). The minimum Gasteiger partial charge on any atom is -0.465 e. The Morgan fingerprint density at radius 1 is 1.27 bits per heavy atom. The van der Waals surface area contributed by atoms with Gasteiger partial charge in [0.05, 0.1) is 31.5 Å². The molecule has 0 aliphatic carbocycles. The number of morpholine rings is 1. The van der Waals surface area contributed by atoms with Gasteiger partial charge in [0, 0.05) is 12.7 Å². The summed E-state index contributed by atoms with van der Waals surface area (Å²) in [5.41, 5.74) is 1.79. The Morgan fingerprint density at radius 2 is 2.13 bits per heavy atom. The van der Waals surface area contributed by atoms with Crippen molar-refractivity contribution in [2.24, 2.45) is 0 Å². The number of nitrogens with one attached hydrogen (secondary N) is 1. The molecular formula is C19H20N6O5. The van der Waals surface area contributed by atoms with E-state index >= 15 is 0 Å². The lowest BCUT2D eigenvalue weighted by molar-refractivity contribution is -0.0645. The first-order valence-corrected chi connectivity index (χ1v) is 9.30. The highest BCUT2D eigenvalue weighted by atomic mass is 16.7. The lowest BCUT2D eigenvalue weighted by Gasteiger charge is -2.32. The van der Waals surface area contributed by atoms with Crippen molar-refractivity contribution in [3.8, 4) is 0 Å². The zero-order valence-electron chi connectivity index (χ0n) is 16.2. The highest BCUT2D eigenvalue weighted by molar-refractivity contribution is 6.00. The Hall–Kier alpha value is -3.73. The van der Waals surface area contributed by atoms with Crippen LogP contribution in [0, 0.1) is 0 Å². The summed E-state index contributed by atoms with van der Waals surface area (Å²) in [5.74, 6) is -0.521. The Labute approximate surface area is 171 Å². The van der Waals surface area contributed by atoms with Crippen LogP contribution in [0.3, 0.4) is 0 Å². The number of carbonyl (C=O) groups is 2. The van der Waals surface area contributed by atoms with Crippen molar-refractivity contribution in [2.75, 3.05) is 38.7 Å². The molecule has 1 aromatic carbocycles. The minimum atomic E-state index is -0.521. The van der Waals surface area contributed by atoms with Gasteiger partial charge in [-0.25, -0.2) is 14.6 Å². The van der Waals surface area contributed by atoms with E-state index in [1.165, 1.54) is 12.0 Å². The molecule has 11 nitrogen and oxygen atoms in total. The predicted octanol–water partition coefficient (Wildman–Crippen LogP) is 0.974. The zero-order chi connectivity index (χ0) is 20.9. The number of para-hydroxylation sites is 1. The first-order chi connectivity index (χ1) is 14.7. The zero-order valence-corrected chi connectivity index (χ0v) is 16.2. The number of rotatable bonds is 5. The van der Waals surface area contributed by atoms with E-state index in [1.54, 1.807) is 47.5 Å².